The number of hydrogen-bond donors (Lipinski definition) is 0. The van der Waals surface area contributed by atoms with Gasteiger partial charge in [0, 0.05) is 32.8 Å². The summed E-state index contributed by atoms with van der Waals surface area (Å²) in [7, 11) is 0. The maximum atomic E-state index is 7.21. The summed E-state index contributed by atoms with van der Waals surface area (Å²) in [5.74, 6) is 0. The number of nitrogens with zero attached hydrogens (tertiary/aromatic N) is 1. The van der Waals surface area contributed by atoms with Crippen molar-refractivity contribution < 1.29 is 8.83 Å². The smallest absolute Gasteiger partial charge is 0.159 e. The van der Waals surface area contributed by atoms with Crippen molar-refractivity contribution in [3.8, 4) is 33.4 Å². The van der Waals surface area contributed by atoms with Gasteiger partial charge in [0.2, 0.25) is 0 Å². The number of furan rings is 2. The van der Waals surface area contributed by atoms with Crippen molar-refractivity contribution >= 4 is 60.9 Å². The molecule has 0 N–H and O–H groups in total. The summed E-state index contributed by atoms with van der Waals surface area (Å²) in [5.41, 5.74) is 22.2. The number of fused-ring (bicyclic) bond motifs is 19. The molecule has 3 aliphatic rings. The van der Waals surface area contributed by atoms with Gasteiger partial charge in [0.15, 0.2) is 5.58 Å². The number of benzene rings is 10. The molecule has 308 valence electrons. The highest BCUT2D eigenvalue weighted by Gasteiger charge is 2.52. The highest BCUT2D eigenvalue weighted by molar-refractivity contribution is 6.17. The third kappa shape index (κ3) is 4.38. The Morgan fingerprint density at radius 3 is 1.45 bits per heavy atom. The molecule has 0 bridgehead atoms. The van der Waals surface area contributed by atoms with Gasteiger partial charge in [-0.25, -0.2) is 0 Å². The molecule has 0 amide bonds. The molecule has 0 atom stereocenters. The van der Waals surface area contributed by atoms with Crippen LogP contribution in [-0.2, 0) is 10.8 Å². The lowest BCUT2D eigenvalue weighted by Crippen LogP contribution is -2.26. The van der Waals surface area contributed by atoms with Gasteiger partial charge in [-0.05, 0) is 110 Å². The summed E-state index contributed by atoms with van der Waals surface area (Å²) in [6.45, 7) is 2.37. The van der Waals surface area contributed by atoms with Gasteiger partial charge in [-0.3, -0.25) is 0 Å². The minimum absolute atomic E-state index is 0.433. The predicted octanol–water partition coefficient (Wildman–Crippen LogP) is 16.6. The van der Waals surface area contributed by atoms with Crippen molar-refractivity contribution in [3.63, 3.8) is 0 Å². The fraction of sp³-hybridized carbons (Fsp3) is 0.0476. The number of hydrogen-bond acceptors (Lipinski definition) is 3. The van der Waals surface area contributed by atoms with Crippen molar-refractivity contribution in [1.82, 2.24) is 0 Å². The van der Waals surface area contributed by atoms with E-state index in [0.717, 1.165) is 66.5 Å². The monoisotopic (exact) mass is 841 g/mol. The zero-order chi connectivity index (χ0) is 43.3. The molecule has 12 aromatic rings. The third-order valence-electron chi connectivity index (χ3n) is 15.4. The van der Waals surface area contributed by atoms with Gasteiger partial charge in [0.1, 0.15) is 16.7 Å². The fourth-order valence-electron chi connectivity index (χ4n) is 12.7. The number of para-hydroxylation sites is 3. The summed E-state index contributed by atoms with van der Waals surface area (Å²) >= 11 is 0. The normalized spacial score (nSPS) is 14.4. The van der Waals surface area contributed by atoms with Gasteiger partial charge in [-0.2, -0.15) is 0 Å². The van der Waals surface area contributed by atoms with Crippen molar-refractivity contribution in [2.45, 2.75) is 17.8 Å². The van der Waals surface area contributed by atoms with Gasteiger partial charge in [-0.15, -0.1) is 0 Å². The van der Waals surface area contributed by atoms with E-state index in [4.69, 9.17) is 8.83 Å². The van der Waals surface area contributed by atoms with Gasteiger partial charge >= 0.3 is 0 Å². The van der Waals surface area contributed by atoms with Crippen molar-refractivity contribution in [1.29, 1.82) is 0 Å². The Labute approximate surface area is 381 Å². The molecule has 2 aromatic heterocycles. The van der Waals surface area contributed by atoms with Crippen molar-refractivity contribution in [2.24, 2.45) is 0 Å². The summed E-state index contributed by atoms with van der Waals surface area (Å²) in [6, 6.07) is 80.1. The standard InChI is InChI=1S/C63H39NO2/c1-62(48-25-8-2-17-39(48)40-18-3-9-26-49(40)62)53-30-14-24-47-59-55(31-16-34-58(59)66-60(47)53)64(56-32-15-23-46-45-22-7-13-33-57(45)65-61(46)56)38-35-36-44-43-21-6-12-29-52(43)63(54(44)37-38)50-27-10-4-19-41(50)42-20-5-11-28-51(42)63/h2-37H,1H3. The zero-order valence-electron chi connectivity index (χ0n) is 36.0. The quantitative estimate of drug-likeness (QED) is 0.177. The molecular weight excluding hydrogens is 803 g/mol. The molecule has 3 heteroatoms. The molecule has 0 aliphatic heterocycles. The van der Waals surface area contributed by atoms with E-state index < -0.39 is 10.8 Å². The Kier molecular flexibility index (Phi) is 7.02. The first kappa shape index (κ1) is 36.0. The second-order valence-corrected chi connectivity index (χ2v) is 18.4. The first-order chi connectivity index (χ1) is 32.6. The number of rotatable bonds is 4. The molecule has 66 heavy (non-hydrogen) atoms. The van der Waals surface area contributed by atoms with Crippen LogP contribution in [0.2, 0.25) is 0 Å². The van der Waals surface area contributed by atoms with E-state index in [1.54, 1.807) is 0 Å². The Morgan fingerprint density at radius 1 is 0.333 bits per heavy atom. The fourth-order valence-corrected chi connectivity index (χ4v) is 12.7. The van der Waals surface area contributed by atoms with Gasteiger partial charge in [0.25, 0.3) is 0 Å². The van der Waals surface area contributed by atoms with E-state index in [0.29, 0.717) is 0 Å². The molecule has 15 rings (SSSR count). The average Bonchev–Trinajstić information content (AvgIpc) is 4.16. The van der Waals surface area contributed by atoms with Crippen LogP contribution in [0.3, 0.4) is 0 Å². The summed E-state index contributed by atoms with van der Waals surface area (Å²) in [5, 5.41) is 4.31. The Bertz CT molecular complexity index is 3940. The van der Waals surface area contributed by atoms with Crippen LogP contribution in [0.1, 0.15) is 45.9 Å². The molecule has 0 fully saturated rings. The molecular formula is C63H39NO2. The number of anilines is 3. The highest BCUT2D eigenvalue weighted by Crippen LogP contribution is 2.64. The van der Waals surface area contributed by atoms with Gasteiger partial charge in [-0.1, -0.05) is 182 Å². The second-order valence-electron chi connectivity index (χ2n) is 18.4. The van der Waals surface area contributed by atoms with E-state index in [-0.39, 0.29) is 0 Å². The van der Waals surface area contributed by atoms with E-state index in [9.17, 15) is 0 Å². The van der Waals surface area contributed by atoms with E-state index in [2.05, 4.69) is 230 Å². The first-order valence-electron chi connectivity index (χ1n) is 22.9. The largest absolute Gasteiger partial charge is 0.456 e. The minimum Gasteiger partial charge on any atom is -0.456 e. The Morgan fingerprint density at radius 2 is 0.788 bits per heavy atom. The summed E-state index contributed by atoms with van der Waals surface area (Å²) in [4.78, 5) is 2.43. The Balaban J connectivity index is 1.03. The maximum Gasteiger partial charge on any atom is 0.159 e. The van der Waals surface area contributed by atoms with E-state index >= 15 is 0 Å². The van der Waals surface area contributed by atoms with Gasteiger partial charge < -0.3 is 13.7 Å². The molecule has 0 saturated heterocycles. The van der Waals surface area contributed by atoms with Crippen LogP contribution < -0.4 is 4.90 Å². The highest BCUT2D eigenvalue weighted by atomic mass is 16.3. The van der Waals surface area contributed by atoms with Crippen LogP contribution >= 0.6 is 0 Å². The molecule has 2 heterocycles. The van der Waals surface area contributed by atoms with Crippen molar-refractivity contribution in [3.05, 3.63) is 257 Å². The maximum absolute atomic E-state index is 7.21. The minimum atomic E-state index is -0.501. The van der Waals surface area contributed by atoms with Crippen LogP contribution in [0, 0.1) is 0 Å². The molecule has 0 unspecified atom stereocenters. The van der Waals surface area contributed by atoms with Crippen LogP contribution in [0.4, 0.5) is 17.1 Å². The van der Waals surface area contributed by atoms with Crippen LogP contribution in [0.15, 0.2) is 227 Å². The summed E-state index contributed by atoms with van der Waals surface area (Å²) < 4.78 is 14.1. The topological polar surface area (TPSA) is 29.5 Å². The van der Waals surface area contributed by atoms with Crippen LogP contribution in [0.25, 0.3) is 77.3 Å². The SMILES string of the molecule is CC1(c2cccc3c2oc2cccc(N(c4ccc5c(c4)C4(c6ccccc6-c6ccccc64)c4ccccc4-5)c4cccc5c4oc4ccccc45)c23)c2ccccc2-c2ccccc21. The van der Waals surface area contributed by atoms with E-state index in [1.165, 1.54) is 66.8 Å². The van der Waals surface area contributed by atoms with Crippen molar-refractivity contribution in [2.75, 3.05) is 4.90 Å². The molecule has 3 nitrogen and oxygen atoms in total. The molecule has 10 aromatic carbocycles. The summed E-state index contributed by atoms with van der Waals surface area (Å²) in [6.07, 6.45) is 0. The predicted molar refractivity (Wildman–Crippen MR) is 269 cm³/mol. The lowest BCUT2D eigenvalue weighted by atomic mass is 9.70. The lowest BCUT2D eigenvalue weighted by molar-refractivity contribution is 0.638. The first-order valence-corrected chi connectivity index (χ1v) is 22.9. The molecule has 3 aliphatic carbocycles. The average molecular weight is 842 g/mol. The lowest BCUT2D eigenvalue weighted by Gasteiger charge is -2.32. The molecule has 0 radical (unpaired) electrons. The molecule has 0 saturated carbocycles. The van der Waals surface area contributed by atoms with Crippen LogP contribution in [0.5, 0.6) is 0 Å². The Hall–Kier alpha value is -8.40. The third-order valence-corrected chi connectivity index (χ3v) is 15.4. The zero-order valence-corrected chi connectivity index (χ0v) is 36.0. The van der Waals surface area contributed by atoms with Crippen LogP contribution in [-0.4, -0.2) is 0 Å². The van der Waals surface area contributed by atoms with Gasteiger partial charge in [0.05, 0.1) is 22.2 Å². The second kappa shape index (κ2) is 12.9. The molecule has 1 spiro atoms. The van der Waals surface area contributed by atoms with E-state index in [1.807, 2.05) is 0 Å².